The van der Waals surface area contributed by atoms with Crippen molar-refractivity contribution in [2.75, 3.05) is 0 Å². The summed E-state index contributed by atoms with van der Waals surface area (Å²) in [6.07, 6.45) is 1.61. The van der Waals surface area contributed by atoms with E-state index in [2.05, 4.69) is 22.6 Å². The lowest BCUT2D eigenvalue weighted by molar-refractivity contribution is 0.0269. The van der Waals surface area contributed by atoms with Crippen LogP contribution in [0, 0.1) is 3.57 Å². The van der Waals surface area contributed by atoms with E-state index in [1.165, 1.54) is 0 Å². The Balaban J connectivity index is 2.91. The molecule has 1 aromatic carbocycles. The van der Waals surface area contributed by atoms with Gasteiger partial charge in [-0.3, -0.25) is 4.52 Å². The SMILES string of the molecule is CCC(CC)(Cc1ccc(I)cc1)OP(=O)(O)O. The van der Waals surface area contributed by atoms with E-state index in [1.54, 1.807) is 0 Å². The summed E-state index contributed by atoms with van der Waals surface area (Å²) in [5.74, 6) is 0. The van der Waals surface area contributed by atoms with Gasteiger partial charge in [0.05, 0.1) is 5.60 Å². The summed E-state index contributed by atoms with van der Waals surface area (Å²) >= 11 is 2.22. The van der Waals surface area contributed by atoms with Gasteiger partial charge in [0.25, 0.3) is 0 Å². The molecule has 0 heterocycles. The zero-order chi connectivity index (χ0) is 13.8. The van der Waals surface area contributed by atoms with Crippen LogP contribution in [-0.4, -0.2) is 15.4 Å². The van der Waals surface area contributed by atoms with Crippen LogP contribution in [0.3, 0.4) is 0 Å². The standard InChI is InChI=1S/C12H18IO4P/c1-3-12(4-2,17-18(14,15)16)9-10-5-7-11(13)8-6-10/h5-8H,3-4,9H2,1-2H3,(H2,14,15,16). The van der Waals surface area contributed by atoms with E-state index in [4.69, 9.17) is 14.3 Å². The minimum Gasteiger partial charge on any atom is -0.303 e. The lowest BCUT2D eigenvalue weighted by Gasteiger charge is -2.31. The predicted molar refractivity (Wildman–Crippen MR) is 79.3 cm³/mol. The van der Waals surface area contributed by atoms with Crippen molar-refractivity contribution in [1.29, 1.82) is 0 Å². The second-order valence-corrected chi connectivity index (χ2v) is 6.68. The molecule has 0 spiro atoms. The maximum absolute atomic E-state index is 11.1. The van der Waals surface area contributed by atoms with E-state index in [9.17, 15) is 4.57 Å². The number of benzene rings is 1. The van der Waals surface area contributed by atoms with Crippen molar-refractivity contribution in [2.45, 2.75) is 38.7 Å². The van der Waals surface area contributed by atoms with Gasteiger partial charge in [-0.25, -0.2) is 4.57 Å². The van der Waals surface area contributed by atoms with E-state index >= 15 is 0 Å². The maximum Gasteiger partial charge on any atom is 0.470 e. The summed E-state index contributed by atoms with van der Waals surface area (Å²) < 4.78 is 17.2. The van der Waals surface area contributed by atoms with Crippen LogP contribution in [0.1, 0.15) is 32.3 Å². The zero-order valence-corrected chi connectivity index (χ0v) is 13.5. The van der Waals surface area contributed by atoms with E-state index in [0.29, 0.717) is 19.3 Å². The number of hydrogen-bond donors (Lipinski definition) is 2. The lowest BCUT2D eigenvalue weighted by Crippen LogP contribution is -2.32. The monoisotopic (exact) mass is 384 g/mol. The van der Waals surface area contributed by atoms with Gasteiger partial charge in [0, 0.05) is 9.99 Å². The van der Waals surface area contributed by atoms with Gasteiger partial charge in [-0.15, -0.1) is 0 Å². The van der Waals surface area contributed by atoms with Crippen molar-refractivity contribution in [1.82, 2.24) is 0 Å². The van der Waals surface area contributed by atoms with Gasteiger partial charge in [0.1, 0.15) is 0 Å². The van der Waals surface area contributed by atoms with Gasteiger partial charge in [-0.2, -0.15) is 0 Å². The Kier molecular flexibility index (Phi) is 5.80. The van der Waals surface area contributed by atoms with Crippen molar-refractivity contribution < 1.29 is 18.9 Å². The van der Waals surface area contributed by atoms with E-state index in [0.717, 1.165) is 9.13 Å². The highest BCUT2D eigenvalue weighted by Gasteiger charge is 2.35. The average Bonchev–Trinajstić information content (AvgIpc) is 2.29. The third-order valence-electron chi connectivity index (χ3n) is 3.04. The molecule has 2 N–H and O–H groups in total. The Bertz CT molecular complexity index is 422. The summed E-state index contributed by atoms with van der Waals surface area (Å²) in [5, 5.41) is 0. The third kappa shape index (κ3) is 4.97. The van der Waals surface area contributed by atoms with E-state index in [1.807, 2.05) is 38.1 Å². The largest absolute Gasteiger partial charge is 0.470 e. The smallest absolute Gasteiger partial charge is 0.303 e. The van der Waals surface area contributed by atoms with Crippen LogP contribution in [0.5, 0.6) is 0 Å². The van der Waals surface area contributed by atoms with Crippen LogP contribution in [0.25, 0.3) is 0 Å². The fraction of sp³-hybridized carbons (Fsp3) is 0.500. The first kappa shape index (κ1) is 16.1. The predicted octanol–water partition coefficient (Wildman–Crippen LogP) is 3.50. The fourth-order valence-corrected chi connectivity index (χ4v) is 3.07. The summed E-state index contributed by atoms with van der Waals surface area (Å²) in [4.78, 5) is 18.1. The van der Waals surface area contributed by atoms with Crippen LogP contribution < -0.4 is 0 Å². The molecule has 0 saturated carbocycles. The minimum atomic E-state index is -4.47. The molecule has 1 aromatic rings. The Morgan fingerprint density at radius 2 is 1.72 bits per heavy atom. The number of hydrogen-bond acceptors (Lipinski definition) is 2. The van der Waals surface area contributed by atoms with Gasteiger partial charge >= 0.3 is 7.82 Å². The van der Waals surface area contributed by atoms with Gasteiger partial charge in [-0.1, -0.05) is 26.0 Å². The molecule has 0 aliphatic rings. The van der Waals surface area contributed by atoms with Crippen LogP contribution in [-0.2, 0) is 15.5 Å². The molecule has 0 aliphatic carbocycles. The van der Waals surface area contributed by atoms with Crippen LogP contribution >= 0.6 is 30.4 Å². The molecule has 0 bridgehead atoms. The molecule has 0 amide bonds. The van der Waals surface area contributed by atoms with E-state index in [-0.39, 0.29) is 0 Å². The normalized spacial score (nSPS) is 12.7. The Morgan fingerprint density at radius 1 is 1.22 bits per heavy atom. The van der Waals surface area contributed by atoms with Crippen LogP contribution in [0.2, 0.25) is 0 Å². The quantitative estimate of drug-likeness (QED) is 0.582. The average molecular weight is 384 g/mol. The molecule has 0 fully saturated rings. The zero-order valence-electron chi connectivity index (χ0n) is 10.5. The Morgan fingerprint density at radius 3 is 2.11 bits per heavy atom. The summed E-state index contributed by atoms with van der Waals surface area (Å²) in [6.45, 7) is 3.76. The minimum absolute atomic E-state index is 0.502. The molecule has 6 heteroatoms. The molecule has 4 nitrogen and oxygen atoms in total. The first-order chi connectivity index (χ1) is 8.30. The van der Waals surface area contributed by atoms with Gasteiger partial charge < -0.3 is 9.79 Å². The molecule has 0 unspecified atom stereocenters. The molecule has 18 heavy (non-hydrogen) atoms. The molecule has 102 valence electrons. The van der Waals surface area contributed by atoms with Crippen molar-refractivity contribution >= 4 is 30.4 Å². The molecule has 0 aliphatic heterocycles. The molecule has 0 atom stereocenters. The summed E-state index contributed by atoms with van der Waals surface area (Å²) in [7, 11) is -4.47. The summed E-state index contributed by atoms with van der Waals surface area (Å²) in [6, 6.07) is 7.88. The van der Waals surface area contributed by atoms with Gasteiger partial charge in [0.15, 0.2) is 0 Å². The highest BCUT2D eigenvalue weighted by Crippen LogP contribution is 2.45. The fourth-order valence-electron chi connectivity index (χ4n) is 1.89. The first-order valence-corrected chi connectivity index (χ1v) is 8.42. The number of phosphoric ester groups is 1. The van der Waals surface area contributed by atoms with Crippen molar-refractivity contribution in [2.24, 2.45) is 0 Å². The van der Waals surface area contributed by atoms with Crippen molar-refractivity contribution in [3.8, 4) is 0 Å². The topological polar surface area (TPSA) is 66.8 Å². The van der Waals surface area contributed by atoms with Gasteiger partial charge in [0.2, 0.25) is 0 Å². The van der Waals surface area contributed by atoms with Crippen molar-refractivity contribution in [3.05, 3.63) is 33.4 Å². The number of rotatable bonds is 6. The van der Waals surface area contributed by atoms with Crippen LogP contribution in [0.4, 0.5) is 0 Å². The highest BCUT2D eigenvalue weighted by molar-refractivity contribution is 14.1. The molecule has 1 rings (SSSR count). The van der Waals surface area contributed by atoms with E-state index < -0.39 is 13.4 Å². The molecule has 0 radical (unpaired) electrons. The summed E-state index contributed by atoms with van der Waals surface area (Å²) in [5.41, 5.74) is 0.221. The second kappa shape index (κ2) is 6.48. The highest BCUT2D eigenvalue weighted by atomic mass is 127. The number of phosphoric acid groups is 1. The van der Waals surface area contributed by atoms with Crippen LogP contribution in [0.15, 0.2) is 24.3 Å². The Labute approximate surface area is 121 Å². The molecular formula is C12H18IO4P. The van der Waals surface area contributed by atoms with Crippen molar-refractivity contribution in [3.63, 3.8) is 0 Å². The molecule has 0 aromatic heterocycles. The Hall–Kier alpha value is 0.0600. The van der Waals surface area contributed by atoms with Gasteiger partial charge in [-0.05, 0) is 53.1 Å². The molecule has 0 saturated heterocycles. The first-order valence-electron chi connectivity index (χ1n) is 5.81. The lowest BCUT2D eigenvalue weighted by atomic mass is 9.90. The molecular weight excluding hydrogens is 366 g/mol. The second-order valence-electron chi connectivity index (χ2n) is 4.28. The number of halogens is 1. The third-order valence-corrected chi connectivity index (χ3v) is 4.39. The maximum atomic E-state index is 11.1.